The summed E-state index contributed by atoms with van der Waals surface area (Å²) in [5.41, 5.74) is 1.32. The smallest absolute Gasteiger partial charge is 0.122 e. The van der Waals surface area contributed by atoms with Crippen LogP contribution in [0.2, 0.25) is 0 Å². The lowest BCUT2D eigenvalue weighted by Gasteiger charge is -2.07. The van der Waals surface area contributed by atoms with E-state index in [1.165, 1.54) is 18.4 Å². The summed E-state index contributed by atoms with van der Waals surface area (Å²) in [6.07, 6.45) is 6.61. The highest BCUT2D eigenvalue weighted by molar-refractivity contribution is 5.14. The van der Waals surface area contributed by atoms with Gasteiger partial charge in [-0.05, 0) is 18.4 Å². The molecule has 1 N–H and O–H groups in total. The van der Waals surface area contributed by atoms with Crippen LogP contribution < -0.4 is 5.32 Å². The second kappa shape index (κ2) is 4.72. The van der Waals surface area contributed by atoms with Crippen molar-refractivity contribution in [3.63, 3.8) is 0 Å². The minimum atomic E-state index is 0.714. The molecule has 1 aliphatic carbocycles. The molecule has 1 heterocycles. The zero-order valence-corrected chi connectivity index (χ0v) is 9.84. The molecule has 1 fully saturated rings. The van der Waals surface area contributed by atoms with Crippen molar-refractivity contribution < 1.29 is 0 Å². The highest BCUT2D eigenvalue weighted by atomic mass is 15.1. The number of hydrogen-bond acceptors (Lipinski definition) is 2. The maximum Gasteiger partial charge on any atom is 0.122 e. The van der Waals surface area contributed by atoms with Gasteiger partial charge in [0.1, 0.15) is 5.82 Å². The van der Waals surface area contributed by atoms with E-state index in [9.17, 15) is 0 Å². The summed E-state index contributed by atoms with van der Waals surface area (Å²) in [4.78, 5) is 4.41. The molecule has 3 heteroatoms. The van der Waals surface area contributed by atoms with Crippen LogP contribution in [0.4, 0.5) is 0 Å². The average Bonchev–Trinajstić information content (AvgIpc) is 3.11. The van der Waals surface area contributed by atoms with Gasteiger partial charge in [0, 0.05) is 25.0 Å². The van der Waals surface area contributed by atoms with Gasteiger partial charge < -0.3 is 9.88 Å². The maximum atomic E-state index is 4.41. The molecular weight excluding hydrogens is 210 g/mol. The summed E-state index contributed by atoms with van der Waals surface area (Å²) in [6, 6.07) is 11.2. The van der Waals surface area contributed by atoms with E-state index in [1.807, 2.05) is 12.3 Å². The zero-order valence-electron chi connectivity index (χ0n) is 9.84. The van der Waals surface area contributed by atoms with E-state index < -0.39 is 0 Å². The molecule has 17 heavy (non-hydrogen) atoms. The van der Waals surface area contributed by atoms with Crippen LogP contribution in [-0.4, -0.2) is 9.55 Å². The fourth-order valence-corrected chi connectivity index (χ4v) is 2.08. The fourth-order valence-electron chi connectivity index (χ4n) is 2.08. The number of nitrogens with zero attached hydrogens (tertiary/aromatic N) is 2. The predicted molar refractivity (Wildman–Crippen MR) is 67.5 cm³/mol. The number of nitrogens with one attached hydrogen (secondary N) is 1. The van der Waals surface area contributed by atoms with Crippen LogP contribution in [-0.2, 0) is 13.1 Å². The second-order valence-electron chi connectivity index (χ2n) is 4.57. The third kappa shape index (κ3) is 2.56. The summed E-state index contributed by atoms with van der Waals surface area (Å²) in [6.45, 7) is 1.75. The monoisotopic (exact) mass is 227 g/mol. The number of imidazole rings is 1. The first-order valence-corrected chi connectivity index (χ1v) is 6.20. The third-order valence-corrected chi connectivity index (χ3v) is 3.14. The van der Waals surface area contributed by atoms with Gasteiger partial charge in [0.25, 0.3) is 0 Å². The van der Waals surface area contributed by atoms with Crippen LogP contribution >= 0.6 is 0 Å². The van der Waals surface area contributed by atoms with Crippen LogP contribution in [0.5, 0.6) is 0 Å². The first-order valence-electron chi connectivity index (χ1n) is 6.20. The molecule has 1 aromatic carbocycles. The topological polar surface area (TPSA) is 29.9 Å². The molecule has 0 bridgehead atoms. The number of benzene rings is 1. The Hall–Kier alpha value is -1.61. The third-order valence-electron chi connectivity index (χ3n) is 3.14. The minimum absolute atomic E-state index is 0.714. The Morgan fingerprint density at radius 1 is 1.18 bits per heavy atom. The molecule has 2 aromatic rings. The van der Waals surface area contributed by atoms with Gasteiger partial charge in [0.2, 0.25) is 0 Å². The van der Waals surface area contributed by atoms with E-state index in [-0.39, 0.29) is 0 Å². The lowest BCUT2D eigenvalue weighted by molar-refractivity contribution is 0.606. The molecule has 0 radical (unpaired) electrons. The van der Waals surface area contributed by atoms with Gasteiger partial charge in [-0.2, -0.15) is 0 Å². The van der Waals surface area contributed by atoms with Crippen LogP contribution in [0.3, 0.4) is 0 Å². The standard InChI is InChI=1S/C14H17N3/c1-2-4-12(5-3-1)10-15-11-14-16-8-9-17(14)13-6-7-13/h1-5,8-9,13,15H,6-7,10-11H2. The molecule has 1 aliphatic rings. The van der Waals surface area contributed by atoms with E-state index >= 15 is 0 Å². The molecule has 0 unspecified atom stereocenters. The fraction of sp³-hybridized carbons (Fsp3) is 0.357. The first-order chi connectivity index (χ1) is 8.43. The van der Waals surface area contributed by atoms with Crippen molar-refractivity contribution in [3.05, 3.63) is 54.1 Å². The number of rotatable bonds is 5. The van der Waals surface area contributed by atoms with Gasteiger partial charge in [-0.15, -0.1) is 0 Å². The number of hydrogen-bond donors (Lipinski definition) is 1. The van der Waals surface area contributed by atoms with E-state index in [0.717, 1.165) is 18.9 Å². The molecule has 88 valence electrons. The molecule has 0 amide bonds. The van der Waals surface area contributed by atoms with Crippen molar-refractivity contribution in [1.82, 2.24) is 14.9 Å². The largest absolute Gasteiger partial charge is 0.331 e. The van der Waals surface area contributed by atoms with E-state index in [4.69, 9.17) is 0 Å². The lowest BCUT2D eigenvalue weighted by atomic mass is 10.2. The Morgan fingerprint density at radius 2 is 2.00 bits per heavy atom. The molecule has 1 aromatic heterocycles. The molecule has 3 rings (SSSR count). The molecule has 0 atom stereocenters. The van der Waals surface area contributed by atoms with Gasteiger partial charge in [-0.1, -0.05) is 30.3 Å². The Labute approximate surface area is 101 Å². The van der Waals surface area contributed by atoms with Crippen LogP contribution in [0.25, 0.3) is 0 Å². The summed E-state index contributed by atoms with van der Waals surface area (Å²) in [7, 11) is 0. The molecule has 0 spiro atoms. The van der Waals surface area contributed by atoms with Gasteiger partial charge in [-0.3, -0.25) is 0 Å². The highest BCUT2D eigenvalue weighted by Gasteiger charge is 2.24. The Morgan fingerprint density at radius 3 is 2.76 bits per heavy atom. The predicted octanol–water partition coefficient (Wildman–Crippen LogP) is 2.51. The quantitative estimate of drug-likeness (QED) is 0.850. The van der Waals surface area contributed by atoms with Gasteiger partial charge >= 0.3 is 0 Å². The van der Waals surface area contributed by atoms with E-state index in [0.29, 0.717) is 6.04 Å². The molecule has 0 saturated heterocycles. The van der Waals surface area contributed by atoms with Gasteiger partial charge in [0.05, 0.1) is 6.54 Å². The van der Waals surface area contributed by atoms with Crippen LogP contribution in [0.15, 0.2) is 42.7 Å². The van der Waals surface area contributed by atoms with Crippen molar-refractivity contribution in [2.24, 2.45) is 0 Å². The SMILES string of the molecule is c1ccc(CNCc2nccn2C2CC2)cc1. The molecule has 0 aliphatic heterocycles. The second-order valence-corrected chi connectivity index (χ2v) is 4.57. The van der Waals surface area contributed by atoms with Crippen molar-refractivity contribution in [1.29, 1.82) is 0 Å². The first kappa shape index (κ1) is 10.5. The van der Waals surface area contributed by atoms with E-state index in [2.05, 4.69) is 45.3 Å². The summed E-state index contributed by atoms with van der Waals surface area (Å²) >= 11 is 0. The van der Waals surface area contributed by atoms with Gasteiger partial charge in [-0.25, -0.2) is 4.98 Å². The highest BCUT2D eigenvalue weighted by Crippen LogP contribution is 2.35. The maximum absolute atomic E-state index is 4.41. The van der Waals surface area contributed by atoms with Crippen molar-refractivity contribution in [3.8, 4) is 0 Å². The summed E-state index contributed by atoms with van der Waals surface area (Å²) in [5.74, 6) is 1.16. The molecular formula is C14H17N3. The normalized spacial score (nSPS) is 15.1. The van der Waals surface area contributed by atoms with Crippen molar-refractivity contribution >= 4 is 0 Å². The van der Waals surface area contributed by atoms with Crippen molar-refractivity contribution in [2.75, 3.05) is 0 Å². The average molecular weight is 227 g/mol. The number of aromatic nitrogens is 2. The van der Waals surface area contributed by atoms with Crippen LogP contribution in [0, 0.1) is 0 Å². The Kier molecular flexibility index (Phi) is 2.92. The van der Waals surface area contributed by atoms with Crippen molar-refractivity contribution in [2.45, 2.75) is 32.0 Å². The summed E-state index contributed by atoms with van der Waals surface area (Å²) in [5, 5.41) is 3.44. The lowest BCUT2D eigenvalue weighted by Crippen LogP contribution is -2.16. The summed E-state index contributed by atoms with van der Waals surface area (Å²) < 4.78 is 2.30. The van der Waals surface area contributed by atoms with E-state index in [1.54, 1.807) is 0 Å². The Balaban J connectivity index is 1.55. The molecule has 1 saturated carbocycles. The molecule has 3 nitrogen and oxygen atoms in total. The minimum Gasteiger partial charge on any atom is -0.331 e. The van der Waals surface area contributed by atoms with Crippen LogP contribution in [0.1, 0.15) is 30.3 Å². The Bertz CT molecular complexity index is 471. The van der Waals surface area contributed by atoms with Gasteiger partial charge in [0.15, 0.2) is 0 Å². The zero-order chi connectivity index (χ0) is 11.5.